The number of carbonyl (C=O) groups is 3. The Balaban J connectivity index is 0.00000113. The van der Waals surface area contributed by atoms with Crippen molar-refractivity contribution in [3.63, 3.8) is 0 Å². The van der Waals surface area contributed by atoms with E-state index < -0.39 is 11.4 Å². The smallest absolute Gasteiger partial charge is 0.335 e. The van der Waals surface area contributed by atoms with Crippen LogP contribution in [0.2, 0.25) is 0 Å². The van der Waals surface area contributed by atoms with Gasteiger partial charge in [-0.2, -0.15) is 4.91 Å². The molecule has 0 aliphatic heterocycles. The quantitative estimate of drug-likeness (QED) is 0.105. The molecule has 8 nitrogen and oxygen atoms in total. The van der Waals surface area contributed by atoms with Crippen LogP contribution in [0.4, 0.5) is 0 Å². The van der Waals surface area contributed by atoms with Crippen LogP contribution in [-0.2, 0) is 20.7 Å². The Labute approximate surface area is 339 Å². The Kier molecular flexibility index (Phi) is 15.4. The standard InChI is InChI=1S/C43H63NO5.C2H6.C2H2.CH3NO/c1-28(44-25-19-29-11-13-30(14-12-29)37(47)48)43-20-9-10-32(43)31-15-16-34-40(6)21-18-35(49-36(46)26-38(2,3)27-45)39(4,5)33(40)17-22-42(34,8)41(31,7)23-24-43;2*1-2;1-2-3/h11-14,27,31-35,44H,1,9-10,15-26H2,2-8H3,(H,47,48);1-2H3;1-2H;1H3/t31?,32?,33?,34?,35?,40?,41-,42?,43?;;;/m1.../s1. The van der Waals surface area contributed by atoms with Gasteiger partial charge in [0.2, 0.25) is 0 Å². The number of carboxylic acid groups (broad SMARTS) is 1. The Morgan fingerprint density at radius 2 is 1.54 bits per heavy atom. The zero-order valence-corrected chi connectivity index (χ0v) is 36.5. The first-order chi connectivity index (χ1) is 26.3. The summed E-state index contributed by atoms with van der Waals surface area (Å²) >= 11 is 0. The van der Waals surface area contributed by atoms with Crippen molar-refractivity contribution in [2.45, 2.75) is 152 Å². The van der Waals surface area contributed by atoms with E-state index in [2.05, 4.69) is 58.0 Å². The van der Waals surface area contributed by atoms with Crippen LogP contribution in [-0.4, -0.2) is 43.0 Å². The van der Waals surface area contributed by atoms with Crippen LogP contribution < -0.4 is 5.32 Å². The van der Waals surface area contributed by atoms with Gasteiger partial charge in [0.15, 0.2) is 0 Å². The number of nitrogens with one attached hydrogen (secondary N) is 1. The van der Waals surface area contributed by atoms with Gasteiger partial charge >= 0.3 is 11.9 Å². The van der Waals surface area contributed by atoms with E-state index in [9.17, 15) is 19.5 Å². The third kappa shape index (κ3) is 8.53. The van der Waals surface area contributed by atoms with Gasteiger partial charge in [-0.25, -0.2) is 4.79 Å². The molecule has 5 saturated carbocycles. The predicted molar refractivity (Wildman–Crippen MR) is 227 cm³/mol. The number of hydrogen-bond donors (Lipinski definition) is 2. The van der Waals surface area contributed by atoms with Crippen molar-refractivity contribution in [1.82, 2.24) is 5.32 Å². The summed E-state index contributed by atoms with van der Waals surface area (Å²) in [5.41, 5.74) is 2.88. The Bertz CT molecular complexity index is 1560. The van der Waals surface area contributed by atoms with Crippen LogP contribution in [0.1, 0.15) is 155 Å². The van der Waals surface area contributed by atoms with Gasteiger partial charge < -0.3 is 20.0 Å². The number of aromatic carboxylic acids is 1. The van der Waals surface area contributed by atoms with Gasteiger partial charge in [0.1, 0.15) is 12.4 Å². The molecule has 0 bridgehead atoms. The lowest BCUT2D eigenvalue weighted by atomic mass is 9.32. The van der Waals surface area contributed by atoms with E-state index in [0.717, 1.165) is 37.7 Å². The number of fused-ring (bicyclic) bond motifs is 7. The maximum atomic E-state index is 13.0. The van der Waals surface area contributed by atoms with Crippen molar-refractivity contribution in [2.75, 3.05) is 13.6 Å². The number of esters is 1. The predicted octanol–water partition coefficient (Wildman–Crippen LogP) is 11.1. The largest absolute Gasteiger partial charge is 0.478 e. The van der Waals surface area contributed by atoms with E-state index >= 15 is 0 Å². The van der Waals surface area contributed by atoms with Gasteiger partial charge in [-0.15, -0.1) is 12.8 Å². The van der Waals surface area contributed by atoms with Gasteiger partial charge in [-0.3, -0.25) is 4.79 Å². The molecule has 1 aromatic rings. The van der Waals surface area contributed by atoms with Crippen LogP contribution >= 0.6 is 0 Å². The van der Waals surface area contributed by atoms with Gasteiger partial charge in [0.25, 0.3) is 0 Å². The van der Waals surface area contributed by atoms with Gasteiger partial charge in [0.05, 0.1) is 19.0 Å². The highest BCUT2D eigenvalue weighted by Crippen LogP contribution is 2.77. The van der Waals surface area contributed by atoms with Crippen LogP contribution in [0.3, 0.4) is 0 Å². The van der Waals surface area contributed by atoms with E-state index in [1.165, 1.54) is 70.5 Å². The fraction of sp³-hybridized carbons (Fsp3) is 0.729. The zero-order valence-electron chi connectivity index (χ0n) is 36.5. The molecule has 312 valence electrons. The first-order valence-corrected chi connectivity index (χ1v) is 21.3. The van der Waals surface area contributed by atoms with Crippen molar-refractivity contribution in [1.29, 1.82) is 0 Å². The Morgan fingerprint density at radius 3 is 2.12 bits per heavy atom. The third-order valence-corrected chi connectivity index (χ3v) is 16.0. The molecule has 0 radical (unpaired) electrons. The molecule has 0 heterocycles. The summed E-state index contributed by atoms with van der Waals surface area (Å²) in [6, 6.07) is 7.26. The van der Waals surface area contributed by atoms with Crippen molar-refractivity contribution < 1.29 is 24.2 Å². The molecule has 0 spiro atoms. The Hall–Kier alpha value is -3.47. The van der Waals surface area contributed by atoms with Gasteiger partial charge in [-0.1, -0.05) is 92.6 Å². The van der Waals surface area contributed by atoms with E-state index in [4.69, 9.17) is 16.2 Å². The molecule has 56 heavy (non-hydrogen) atoms. The molecule has 6 rings (SSSR count). The fourth-order valence-corrected chi connectivity index (χ4v) is 13.2. The molecule has 0 saturated heterocycles. The van der Waals surface area contributed by atoms with Crippen molar-refractivity contribution in [3.8, 4) is 12.8 Å². The van der Waals surface area contributed by atoms with Crippen LogP contribution in [0.15, 0.2) is 41.7 Å². The number of terminal acetylenes is 1. The average Bonchev–Trinajstić information content (AvgIpc) is 3.61. The minimum absolute atomic E-state index is 0.104. The van der Waals surface area contributed by atoms with Gasteiger partial charge in [-0.05, 0) is 128 Å². The SMILES string of the molecule is C#C.C=C(NCCc1ccc(C(=O)O)cc1)C12CCCC1C1CCC3C4(C)CCC(OC(=O)CC(C)(C)C=O)C(C)(C)C4CCC3(C)[C@]1(C)CC2.CC.CN=O. The lowest BCUT2D eigenvalue weighted by Crippen LogP contribution is -2.66. The van der Waals surface area contributed by atoms with E-state index in [0.29, 0.717) is 34.7 Å². The summed E-state index contributed by atoms with van der Waals surface area (Å²) in [5, 5.41) is 15.3. The van der Waals surface area contributed by atoms with Crippen molar-refractivity contribution >= 4 is 18.2 Å². The first kappa shape index (κ1) is 46.9. The van der Waals surface area contributed by atoms with E-state index in [-0.39, 0.29) is 40.2 Å². The topological polar surface area (TPSA) is 122 Å². The molecule has 5 fully saturated rings. The number of rotatable bonds is 10. The second-order valence-corrected chi connectivity index (χ2v) is 19.3. The summed E-state index contributed by atoms with van der Waals surface area (Å²) < 4.78 is 6.22. The van der Waals surface area contributed by atoms with Crippen LogP contribution in [0.25, 0.3) is 0 Å². The summed E-state index contributed by atoms with van der Waals surface area (Å²) in [6.45, 7) is 25.8. The zero-order chi connectivity index (χ0) is 42.3. The maximum absolute atomic E-state index is 13.0. The molecular weight excluding hydrogens is 701 g/mol. The number of nitroso groups, excluding NO2 is 1. The fourth-order valence-electron chi connectivity index (χ4n) is 13.2. The second-order valence-electron chi connectivity index (χ2n) is 19.3. The first-order valence-electron chi connectivity index (χ1n) is 21.3. The molecule has 2 N–H and O–H groups in total. The number of benzene rings is 1. The molecule has 0 amide bonds. The summed E-state index contributed by atoms with van der Waals surface area (Å²) in [7, 11) is 1.19. The third-order valence-electron chi connectivity index (χ3n) is 16.0. The summed E-state index contributed by atoms with van der Waals surface area (Å²) in [5.74, 6) is 1.42. The van der Waals surface area contributed by atoms with Crippen molar-refractivity contribution in [2.24, 2.45) is 61.3 Å². The molecule has 8 unspecified atom stereocenters. The molecule has 0 aromatic heterocycles. The molecule has 8 heteroatoms. The molecule has 5 aliphatic rings. The van der Waals surface area contributed by atoms with Crippen molar-refractivity contribution in [3.05, 3.63) is 52.6 Å². The number of hydrogen-bond acceptors (Lipinski definition) is 7. The number of carbonyl (C=O) groups excluding carboxylic acids is 2. The second kappa shape index (κ2) is 18.4. The number of nitrogens with zero attached hydrogens (tertiary/aromatic N) is 1. The van der Waals surface area contributed by atoms with E-state index in [1.54, 1.807) is 12.1 Å². The maximum Gasteiger partial charge on any atom is 0.335 e. The highest BCUT2D eigenvalue weighted by Gasteiger charge is 2.70. The molecular formula is C48H74N2O6. The molecule has 9 atom stereocenters. The Morgan fingerprint density at radius 1 is 0.911 bits per heavy atom. The minimum atomic E-state index is -0.884. The highest BCUT2D eigenvalue weighted by molar-refractivity contribution is 5.87. The lowest BCUT2D eigenvalue weighted by molar-refractivity contribution is -0.246. The number of carboxylic acids is 1. The van der Waals surface area contributed by atoms with Gasteiger partial charge in [0, 0.05) is 28.5 Å². The average molecular weight is 775 g/mol. The summed E-state index contributed by atoms with van der Waals surface area (Å²) in [6.07, 6.45) is 23.1. The minimum Gasteiger partial charge on any atom is -0.478 e. The lowest BCUT2D eigenvalue weighted by Gasteiger charge is -2.72. The summed E-state index contributed by atoms with van der Waals surface area (Å²) in [4.78, 5) is 44.3. The van der Waals surface area contributed by atoms with Crippen LogP contribution in [0, 0.1) is 73.9 Å². The normalized spacial score (nSPS) is 34.8. The molecule has 1 aromatic carbocycles. The highest BCUT2D eigenvalue weighted by atomic mass is 16.5. The monoisotopic (exact) mass is 775 g/mol. The number of allylic oxidation sites excluding steroid dienone is 1. The van der Waals surface area contributed by atoms with E-state index in [1.807, 2.05) is 39.8 Å². The van der Waals surface area contributed by atoms with Crippen LogP contribution in [0.5, 0.6) is 0 Å². The molecule has 5 aliphatic carbocycles. The number of ether oxygens (including phenoxy) is 1. The number of aldehydes is 1.